The van der Waals surface area contributed by atoms with Crippen LogP contribution in [0.2, 0.25) is 0 Å². The van der Waals surface area contributed by atoms with Crippen LogP contribution in [-0.2, 0) is 10.0 Å². The summed E-state index contributed by atoms with van der Waals surface area (Å²) in [6, 6.07) is 14.4. The van der Waals surface area contributed by atoms with E-state index in [1.54, 1.807) is 0 Å². The van der Waals surface area contributed by atoms with Crippen molar-refractivity contribution in [3.63, 3.8) is 0 Å². The Morgan fingerprint density at radius 2 is 1.52 bits per heavy atom. The van der Waals surface area contributed by atoms with Crippen molar-refractivity contribution in [3.05, 3.63) is 78.6 Å². The summed E-state index contributed by atoms with van der Waals surface area (Å²) in [7, 11) is -3.80. The topological polar surface area (TPSA) is 88.2 Å². The molecule has 10 heteroatoms. The van der Waals surface area contributed by atoms with Gasteiger partial charge in [0.25, 0.3) is 21.7 Å². The van der Waals surface area contributed by atoms with Crippen LogP contribution in [0.25, 0.3) is 0 Å². The van der Waals surface area contributed by atoms with Crippen LogP contribution < -0.4 is 10.0 Å². The Kier molecular flexibility index (Phi) is 6.45. The third-order valence-electron chi connectivity index (χ3n) is 3.70. The minimum absolute atomic E-state index is 0.000705. The van der Waals surface area contributed by atoms with Crippen LogP contribution >= 0.6 is 11.8 Å². The molecule has 0 atom stereocenters. The summed E-state index contributed by atoms with van der Waals surface area (Å²) in [6.07, 6.45) is 2.92. The first-order valence-corrected chi connectivity index (χ1v) is 10.6. The number of thioether (sulfide) groups is 1. The largest absolute Gasteiger partial charge is 0.322 e. The number of nitrogens with one attached hydrogen (secondary N) is 2. The van der Waals surface area contributed by atoms with E-state index in [1.165, 1.54) is 73.1 Å². The third kappa shape index (κ3) is 5.75. The number of carbonyl (C=O) groups excluding carboxylic acids is 1. The van der Waals surface area contributed by atoms with Gasteiger partial charge in [0.15, 0.2) is 0 Å². The molecular formula is C19H15F2N3O3S2. The molecule has 1 amide bonds. The molecule has 0 fully saturated rings. The van der Waals surface area contributed by atoms with Gasteiger partial charge in [0.05, 0.1) is 10.6 Å². The molecule has 0 spiro atoms. The van der Waals surface area contributed by atoms with Gasteiger partial charge >= 0.3 is 0 Å². The average molecular weight is 435 g/mol. The number of pyridine rings is 1. The first-order valence-electron chi connectivity index (χ1n) is 8.23. The lowest BCUT2D eigenvalue weighted by atomic mass is 10.2. The quantitative estimate of drug-likeness (QED) is 0.536. The van der Waals surface area contributed by atoms with Gasteiger partial charge in [-0.05, 0) is 60.7 Å². The van der Waals surface area contributed by atoms with Gasteiger partial charge in [-0.15, -0.1) is 0 Å². The number of halogens is 2. The fourth-order valence-electron chi connectivity index (χ4n) is 2.34. The number of benzene rings is 2. The summed E-state index contributed by atoms with van der Waals surface area (Å²) in [4.78, 5) is 16.5. The van der Waals surface area contributed by atoms with Crippen LogP contribution in [0, 0.1) is 0 Å². The Morgan fingerprint density at radius 3 is 2.10 bits per heavy atom. The van der Waals surface area contributed by atoms with E-state index in [4.69, 9.17) is 0 Å². The molecule has 0 aliphatic heterocycles. The highest BCUT2D eigenvalue weighted by Gasteiger charge is 2.15. The van der Waals surface area contributed by atoms with Crippen LogP contribution in [0.1, 0.15) is 10.4 Å². The molecule has 0 radical (unpaired) electrons. The van der Waals surface area contributed by atoms with Crippen molar-refractivity contribution in [1.82, 2.24) is 4.98 Å². The van der Waals surface area contributed by atoms with Gasteiger partial charge in [0.1, 0.15) is 0 Å². The lowest BCUT2D eigenvalue weighted by Gasteiger charge is -2.09. The molecule has 3 rings (SSSR count). The molecule has 1 aromatic heterocycles. The van der Waals surface area contributed by atoms with Gasteiger partial charge < -0.3 is 5.32 Å². The molecule has 0 aliphatic carbocycles. The maximum Gasteiger partial charge on any atom is 0.288 e. The fraction of sp³-hybridized carbons (Fsp3) is 0.0526. The molecule has 2 aromatic carbocycles. The van der Waals surface area contributed by atoms with Crippen molar-refractivity contribution in [3.8, 4) is 0 Å². The zero-order valence-electron chi connectivity index (χ0n) is 14.7. The molecule has 0 aliphatic rings. The number of anilines is 2. The minimum Gasteiger partial charge on any atom is -0.322 e. The van der Waals surface area contributed by atoms with Crippen LogP contribution in [0.15, 0.2) is 82.8 Å². The first-order chi connectivity index (χ1) is 13.8. The summed E-state index contributed by atoms with van der Waals surface area (Å²) >= 11 is 0.414. The predicted molar refractivity (Wildman–Crippen MR) is 108 cm³/mol. The van der Waals surface area contributed by atoms with Gasteiger partial charge in [-0.2, -0.15) is 8.78 Å². The Bertz CT molecular complexity index is 1080. The Morgan fingerprint density at radius 1 is 0.897 bits per heavy atom. The minimum atomic E-state index is -3.80. The zero-order chi connectivity index (χ0) is 20.9. The molecular weight excluding hydrogens is 420 g/mol. The molecule has 150 valence electrons. The maximum absolute atomic E-state index is 12.4. The lowest BCUT2D eigenvalue weighted by molar-refractivity contribution is 0.102. The van der Waals surface area contributed by atoms with Crippen molar-refractivity contribution in [2.24, 2.45) is 0 Å². The van der Waals surface area contributed by atoms with Gasteiger partial charge in [-0.1, -0.05) is 11.8 Å². The number of aromatic nitrogens is 1. The Balaban J connectivity index is 1.67. The first kappa shape index (κ1) is 20.7. The van der Waals surface area contributed by atoms with E-state index in [0.29, 0.717) is 28.0 Å². The SMILES string of the molecule is O=C(Nc1ccc(SC(F)F)cc1)c1ccc(S(=O)(=O)Nc2ccncc2)cc1. The van der Waals surface area contributed by atoms with Crippen molar-refractivity contribution >= 4 is 39.1 Å². The van der Waals surface area contributed by atoms with Crippen molar-refractivity contribution < 1.29 is 22.0 Å². The molecule has 6 nitrogen and oxygen atoms in total. The van der Waals surface area contributed by atoms with Crippen molar-refractivity contribution in [2.45, 2.75) is 15.5 Å². The number of sulfonamides is 1. The van der Waals surface area contributed by atoms with Gasteiger partial charge in [-0.3, -0.25) is 14.5 Å². The number of alkyl halides is 2. The smallest absolute Gasteiger partial charge is 0.288 e. The molecule has 3 aromatic rings. The summed E-state index contributed by atoms with van der Waals surface area (Å²) in [6.45, 7) is 0. The summed E-state index contributed by atoms with van der Waals surface area (Å²) < 4.78 is 51.9. The van der Waals surface area contributed by atoms with Gasteiger partial charge in [0, 0.05) is 28.5 Å². The maximum atomic E-state index is 12.4. The summed E-state index contributed by atoms with van der Waals surface area (Å²) in [5.74, 6) is -2.97. The number of carbonyl (C=O) groups is 1. The lowest BCUT2D eigenvalue weighted by Crippen LogP contribution is -2.14. The zero-order valence-corrected chi connectivity index (χ0v) is 16.4. The van der Waals surface area contributed by atoms with Crippen LogP contribution in [0.4, 0.5) is 20.2 Å². The Hall–Kier alpha value is -2.98. The van der Waals surface area contributed by atoms with E-state index < -0.39 is 21.7 Å². The number of hydrogen-bond acceptors (Lipinski definition) is 5. The van der Waals surface area contributed by atoms with E-state index >= 15 is 0 Å². The highest BCUT2D eigenvalue weighted by Crippen LogP contribution is 2.26. The summed E-state index contributed by atoms with van der Waals surface area (Å²) in [5.41, 5.74) is 1.05. The normalized spacial score (nSPS) is 11.3. The monoisotopic (exact) mass is 435 g/mol. The molecule has 0 unspecified atom stereocenters. The van der Waals surface area contributed by atoms with Crippen LogP contribution in [0.3, 0.4) is 0 Å². The molecule has 0 saturated carbocycles. The van der Waals surface area contributed by atoms with Crippen molar-refractivity contribution in [1.29, 1.82) is 0 Å². The highest BCUT2D eigenvalue weighted by atomic mass is 32.2. The van der Waals surface area contributed by atoms with Crippen LogP contribution in [-0.4, -0.2) is 25.1 Å². The van der Waals surface area contributed by atoms with E-state index in [2.05, 4.69) is 15.0 Å². The Labute approximate surface area is 170 Å². The molecule has 0 saturated heterocycles. The molecule has 0 bridgehead atoms. The standard InChI is InChI=1S/C19H15F2N3O3S2/c20-19(21)28-16-5-3-14(4-6-16)23-18(25)13-1-7-17(8-2-13)29(26,27)24-15-9-11-22-12-10-15/h1-12,19H,(H,22,24)(H,23,25). The second-order valence-electron chi connectivity index (χ2n) is 5.72. The second-order valence-corrected chi connectivity index (χ2v) is 8.47. The van der Waals surface area contributed by atoms with Gasteiger partial charge in [-0.25, -0.2) is 8.42 Å². The van der Waals surface area contributed by atoms with E-state index in [-0.39, 0.29) is 10.5 Å². The van der Waals surface area contributed by atoms with E-state index in [0.717, 1.165) is 0 Å². The fourth-order valence-corrected chi connectivity index (χ4v) is 3.90. The van der Waals surface area contributed by atoms with Gasteiger partial charge in [0.2, 0.25) is 0 Å². The molecule has 1 heterocycles. The van der Waals surface area contributed by atoms with Crippen LogP contribution in [0.5, 0.6) is 0 Å². The summed E-state index contributed by atoms with van der Waals surface area (Å²) in [5, 5.41) is 2.63. The van der Waals surface area contributed by atoms with Crippen molar-refractivity contribution in [2.75, 3.05) is 10.0 Å². The number of rotatable bonds is 7. The highest BCUT2D eigenvalue weighted by molar-refractivity contribution is 7.99. The molecule has 2 N–H and O–H groups in total. The average Bonchev–Trinajstić information content (AvgIpc) is 2.69. The predicted octanol–water partition coefficient (Wildman–Crippen LogP) is 4.45. The number of nitrogens with zero attached hydrogens (tertiary/aromatic N) is 1. The number of amides is 1. The second kappa shape index (κ2) is 9.01. The van der Waals surface area contributed by atoms with E-state index in [1.807, 2.05) is 0 Å². The molecule has 29 heavy (non-hydrogen) atoms. The van der Waals surface area contributed by atoms with E-state index in [9.17, 15) is 22.0 Å². The third-order valence-corrected chi connectivity index (χ3v) is 5.82. The number of hydrogen-bond donors (Lipinski definition) is 2.